The van der Waals surface area contributed by atoms with Gasteiger partial charge in [0.1, 0.15) is 5.75 Å². The average Bonchev–Trinajstić information content (AvgIpc) is 2.61. The first-order valence-electron chi connectivity index (χ1n) is 8.24. The number of halogens is 1. The van der Waals surface area contributed by atoms with Crippen LogP contribution in [0.4, 0.5) is 0 Å². The van der Waals surface area contributed by atoms with E-state index in [-0.39, 0.29) is 30.0 Å². The Morgan fingerprint density at radius 3 is 2.56 bits per heavy atom. The maximum absolute atomic E-state index is 5.96. The number of hydrogen-bond donors (Lipinski definition) is 2. The van der Waals surface area contributed by atoms with E-state index in [2.05, 4.69) is 33.9 Å². The highest BCUT2D eigenvalue weighted by molar-refractivity contribution is 14.0. The number of nitrogens with two attached hydrogens (primary N) is 1. The number of benzene rings is 1. The number of ether oxygens (including phenoxy) is 2. The van der Waals surface area contributed by atoms with Gasteiger partial charge in [0.2, 0.25) is 0 Å². The summed E-state index contributed by atoms with van der Waals surface area (Å²) in [7, 11) is 1.67. The molecule has 1 fully saturated rings. The minimum atomic E-state index is 0. The first kappa shape index (κ1) is 21.7. The van der Waals surface area contributed by atoms with Crippen LogP contribution in [-0.2, 0) is 4.74 Å². The molecule has 0 bridgehead atoms. The third-order valence-corrected chi connectivity index (χ3v) is 3.99. The fraction of sp³-hybridized carbons (Fsp3) is 0.500. The molecule has 3 N–H and O–H groups in total. The Labute approximate surface area is 167 Å². The molecule has 2 rings (SSSR count). The van der Waals surface area contributed by atoms with Crippen molar-refractivity contribution in [1.82, 2.24) is 10.2 Å². The molecule has 0 radical (unpaired) electrons. The lowest BCUT2D eigenvalue weighted by atomic mass is 10.0. The zero-order chi connectivity index (χ0) is 17.4. The molecule has 140 valence electrons. The molecule has 1 saturated heterocycles. The molecular formula is C18H29IN4O2. The summed E-state index contributed by atoms with van der Waals surface area (Å²) in [5, 5.41) is 3.08. The van der Waals surface area contributed by atoms with E-state index in [1.54, 1.807) is 7.11 Å². The van der Waals surface area contributed by atoms with Crippen molar-refractivity contribution in [3.05, 3.63) is 42.0 Å². The second-order valence-corrected chi connectivity index (χ2v) is 5.97. The maximum atomic E-state index is 5.96. The summed E-state index contributed by atoms with van der Waals surface area (Å²) in [6, 6.07) is 8.31. The van der Waals surface area contributed by atoms with Crippen LogP contribution in [0.3, 0.4) is 0 Å². The molecule has 1 heterocycles. The SMILES string of the molecule is C=C(C)CNC(N)=NCC(c1ccc(OC)cc1)N1CCOCC1.I. The quantitative estimate of drug-likeness (QED) is 0.283. The highest BCUT2D eigenvalue weighted by Gasteiger charge is 2.22. The Balaban J connectivity index is 0.00000312. The van der Waals surface area contributed by atoms with Crippen molar-refractivity contribution >= 4 is 29.9 Å². The van der Waals surface area contributed by atoms with E-state index in [9.17, 15) is 0 Å². The van der Waals surface area contributed by atoms with Crippen molar-refractivity contribution in [2.24, 2.45) is 10.7 Å². The van der Waals surface area contributed by atoms with Gasteiger partial charge in [-0.05, 0) is 24.6 Å². The molecule has 0 amide bonds. The minimum absolute atomic E-state index is 0. The van der Waals surface area contributed by atoms with Crippen LogP contribution in [0.25, 0.3) is 0 Å². The first-order valence-corrected chi connectivity index (χ1v) is 8.24. The molecule has 6 nitrogen and oxygen atoms in total. The highest BCUT2D eigenvalue weighted by atomic mass is 127. The molecule has 1 aromatic rings. The molecular weight excluding hydrogens is 431 g/mol. The van der Waals surface area contributed by atoms with Gasteiger partial charge in [-0.25, -0.2) is 0 Å². The lowest BCUT2D eigenvalue weighted by molar-refractivity contribution is 0.0180. The number of guanidine groups is 1. The van der Waals surface area contributed by atoms with Gasteiger partial charge in [0.25, 0.3) is 0 Å². The number of morpholine rings is 1. The van der Waals surface area contributed by atoms with Crippen molar-refractivity contribution in [3.8, 4) is 5.75 Å². The smallest absolute Gasteiger partial charge is 0.188 e. The second-order valence-electron chi connectivity index (χ2n) is 5.97. The molecule has 0 aromatic heterocycles. The Kier molecular flexibility index (Phi) is 9.84. The van der Waals surface area contributed by atoms with Gasteiger partial charge in [-0.2, -0.15) is 0 Å². The summed E-state index contributed by atoms with van der Waals surface area (Å²) < 4.78 is 10.7. The van der Waals surface area contributed by atoms with Crippen LogP contribution in [0.5, 0.6) is 5.75 Å². The van der Waals surface area contributed by atoms with Crippen molar-refractivity contribution in [3.63, 3.8) is 0 Å². The maximum Gasteiger partial charge on any atom is 0.188 e. The zero-order valence-electron chi connectivity index (χ0n) is 15.0. The zero-order valence-corrected chi connectivity index (χ0v) is 17.4. The molecule has 1 unspecified atom stereocenters. The van der Waals surface area contributed by atoms with E-state index < -0.39 is 0 Å². The predicted molar refractivity (Wildman–Crippen MR) is 113 cm³/mol. The van der Waals surface area contributed by atoms with Crippen molar-refractivity contribution in [2.45, 2.75) is 13.0 Å². The van der Waals surface area contributed by atoms with E-state index >= 15 is 0 Å². The third-order valence-electron chi connectivity index (χ3n) is 3.99. The summed E-state index contributed by atoms with van der Waals surface area (Å²) in [6.07, 6.45) is 0. The van der Waals surface area contributed by atoms with Gasteiger partial charge in [0.15, 0.2) is 5.96 Å². The van der Waals surface area contributed by atoms with E-state index in [4.69, 9.17) is 15.2 Å². The summed E-state index contributed by atoms with van der Waals surface area (Å²) in [5.74, 6) is 1.30. The van der Waals surface area contributed by atoms with Crippen LogP contribution in [0.1, 0.15) is 18.5 Å². The van der Waals surface area contributed by atoms with Gasteiger partial charge in [-0.3, -0.25) is 9.89 Å². The van der Waals surface area contributed by atoms with E-state index in [1.165, 1.54) is 5.56 Å². The normalized spacial score (nSPS) is 16.6. The number of nitrogens with one attached hydrogen (secondary N) is 1. The topological polar surface area (TPSA) is 72.1 Å². The number of rotatable bonds is 7. The number of methoxy groups -OCH3 is 1. The lowest BCUT2D eigenvalue weighted by Gasteiger charge is -2.34. The molecule has 1 aliphatic rings. The lowest BCUT2D eigenvalue weighted by Crippen LogP contribution is -2.41. The fourth-order valence-electron chi connectivity index (χ4n) is 2.63. The minimum Gasteiger partial charge on any atom is -0.497 e. The Morgan fingerprint density at radius 1 is 1.36 bits per heavy atom. The van der Waals surface area contributed by atoms with Gasteiger partial charge in [0, 0.05) is 19.6 Å². The number of hydrogen-bond acceptors (Lipinski definition) is 4. The van der Waals surface area contributed by atoms with Gasteiger partial charge < -0.3 is 20.5 Å². The molecule has 7 heteroatoms. The number of nitrogens with zero attached hydrogens (tertiary/aromatic N) is 2. The van der Waals surface area contributed by atoms with Crippen LogP contribution in [0, 0.1) is 0 Å². The van der Waals surface area contributed by atoms with E-state index in [1.807, 2.05) is 19.1 Å². The molecule has 1 atom stereocenters. The predicted octanol–water partition coefficient (Wildman–Crippen LogP) is 2.17. The van der Waals surface area contributed by atoms with Crippen molar-refractivity contribution in [2.75, 3.05) is 46.5 Å². The Hall–Kier alpha value is -1.32. The molecule has 0 saturated carbocycles. The third kappa shape index (κ3) is 7.21. The molecule has 25 heavy (non-hydrogen) atoms. The van der Waals surface area contributed by atoms with Gasteiger partial charge in [0.05, 0.1) is 32.9 Å². The molecule has 0 aliphatic carbocycles. The molecule has 0 spiro atoms. The monoisotopic (exact) mass is 460 g/mol. The van der Waals surface area contributed by atoms with Gasteiger partial charge >= 0.3 is 0 Å². The van der Waals surface area contributed by atoms with E-state index in [0.717, 1.165) is 37.6 Å². The van der Waals surface area contributed by atoms with Crippen LogP contribution in [-0.4, -0.2) is 57.4 Å². The largest absolute Gasteiger partial charge is 0.497 e. The Morgan fingerprint density at radius 2 is 2.00 bits per heavy atom. The second kappa shape index (κ2) is 11.3. The van der Waals surface area contributed by atoms with Crippen LogP contribution < -0.4 is 15.8 Å². The van der Waals surface area contributed by atoms with Gasteiger partial charge in [-0.1, -0.05) is 24.3 Å². The summed E-state index contributed by atoms with van der Waals surface area (Å²) in [4.78, 5) is 6.91. The standard InChI is InChI=1S/C18H28N4O2.HI/c1-14(2)12-20-18(19)21-13-17(22-8-10-24-11-9-22)15-4-6-16(23-3)7-5-15;/h4-7,17H,1,8-13H2,2-3H3,(H3,19,20,21);1H. The van der Waals surface area contributed by atoms with Crippen LogP contribution in [0.15, 0.2) is 41.4 Å². The Bertz CT molecular complexity index is 557. The average molecular weight is 460 g/mol. The highest BCUT2D eigenvalue weighted by Crippen LogP contribution is 2.24. The number of aliphatic imine (C=N–C) groups is 1. The summed E-state index contributed by atoms with van der Waals surface area (Å²) >= 11 is 0. The van der Waals surface area contributed by atoms with Gasteiger partial charge in [-0.15, -0.1) is 24.0 Å². The fourth-order valence-corrected chi connectivity index (χ4v) is 2.63. The van der Waals surface area contributed by atoms with Crippen LogP contribution in [0.2, 0.25) is 0 Å². The molecule has 1 aromatic carbocycles. The van der Waals surface area contributed by atoms with Crippen molar-refractivity contribution < 1.29 is 9.47 Å². The first-order chi connectivity index (χ1) is 11.6. The molecule has 1 aliphatic heterocycles. The summed E-state index contributed by atoms with van der Waals surface area (Å²) in [6.45, 7) is 10.3. The van der Waals surface area contributed by atoms with Crippen LogP contribution >= 0.6 is 24.0 Å². The summed E-state index contributed by atoms with van der Waals surface area (Å²) in [5.41, 5.74) is 8.18. The van der Waals surface area contributed by atoms with Crippen molar-refractivity contribution in [1.29, 1.82) is 0 Å². The van der Waals surface area contributed by atoms with E-state index in [0.29, 0.717) is 19.0 Å².